The van der Waals surface area contributed by atoms with Crippen molar-refractivity contribution >= 4 is 27.0 Å². The standard InChI is InChI=1S/C15H18N2O2S2/c1-11-6-13(16)8-15(7-11)21(18,19)17(14-2-3-14)9-12-4-5-20-10-12/h4-8,10,14H,2-3,9,16H2,1H3. The van der Waals surface area contributed by atoms with Crippen LogP contribution in [0.5, 0.6) is 0 Å². The van der Waals surface area contributed by atoms with Crippen LogP contribution in [0.3, 0.4) is 0 Å². The van der Waals surface area contributed by atoms with Crippen LogP contribution in [0.25, 0.3) is 0 Å². The molecule has 6 heteroatoms. The first-order valence-corrected chi connectivity index (χ1v) is 9.25. The van der Waals surface area contributed by atoms with Gasteiger partial charge in [0.05, 0.1) is 4.90 Å². The maximum Gasteiger partial charge on any atom is 0.243 e. The first kappa shape index (κ1) is 14.6. The van der Waals surface area contributed by atoms with Gasteiger partial charge >= 0.3 is 0 Å². The Hall–Kier alpha value is -1.37. The predicted molar refractivity (Wildman–Crippen MR) is 85.7 cm³/mol. The molecule has 1 heterocycles. The lowest BCUT2D eigenvalue weighted by Crippen LogP contribution is -2.32. The van der Waals surface area contributed by atoms with Gasteiger partial charge in [-0.2, -0.15) is 15.6 Å². The molecule has 0 radical (unpaired) electrons. The van der Waals surface area contributed by atoms with Crippen molar-refractivity contribution in [3.8, 4) is 0 Å². The van der Waals surface area contributed by atoms with Crippen molar-refractivity contribution in [2.24, 2.45) is 0 Å². The number of benzene rings is 1. The van der Waals surface area contributed by atoms with Crippen LogP contribution >= 0.6 is 11.3 Å². The Morgan fingerprint density at radius 1 is 1.33 bits per heavy atom. The zero-order valence-electron chi connectivity index (χ0n) is 11.8. The van der Waals surface area contributed by atoms with Gasteiger partial charge in [-0.05, 0) is 65.9 Å². The molecule has 112 valence electrons. The largest absolute Gasteiger partial charge is 0.399 e. The maximum absolute atomic E-state index is 12.9. The van der Waals surface area contributed by atoms with Gasteiger partial charge in [-0.1, -0.05) is 0 Å². The van der Waals surface area contributed by atoms with Crippen molar-refractivity contribution in [2.75, 3.05) is 5.73 Å². The van der Waals surface area contributed by atoms with E-state index in [9.17, 15) is 8.42 Å². The molecule has 1 aliphatic rings. The van der Waals surface area contributed by atoms with Crippen molar-refractivity contribution < 1.29 is 8.42 Å². The normalized spacial score (nSPS) is 15.5. The Balaban J connectivity index is 1.97. The predicted octanol–water partition coefficient (Wildman–Crippen LogP) is 2.99. The Morgan fingerprint density at radius 3 is 2.67 bits per heavy atom. The second-order valence-electron chi connectivity index (χ2n) is 5.49. The third kappa shape index (κ3) is 3.12. The summed E-state index contributed by atoms with van der Waals surface area (Å²) in [5.74, 6) is 0. The van der Waals surface area contributed by atoms with E-state index < -0.39 is 10.0 Å². The molecule has 1 aromatic heterocycles. The zero-order valence-corrected chi connectivity index (χ0v) is 13.5. The number of sulfonamides is 1. The smallest absolute Gasteiger partial charge is 0.243 e. The van der Waals surface area contributed by atoms with Crippen LogP contribution < -0.4 is 5.73 Å². The number of hydrogen-bond donors (Lipinski definition) is 1. The van der Waals surface area contributed by atoms with Gasteiger partial charge in [-0.15, -0.1) is 0 Å². The lowest BCUT2D eigenvalue weighted by Gasteiger charge is -2.22. The van der Waals surface area contributed by atoms with Crippen LogP contribution in [0.4, 0.5) is 5.69 Å². The number of nitrogens with zero attached hydrogens (tertiary/aromatic N) is 1. The minimum atomic E-state index is -3.50. The second-order valence-corrected chi connectivity index (χ2v) is 8.16. The molecule has 0 atom stereocenters. The molecule has 0 aliphatic heterocycles. The van der Waals surface area contributed by atoms with Gasteiger partial charge in [0.1, 0.15) is 0 Å². The highest BCUT2D eigenvalue weighted by Crippen LogP contribution is 2.34. The first-order chi connectivity index (χ1) is 9.96. The van der Waals surface area contributed by atoms with Crippen LogP contribution in [0, 0.1) is 6.92 Å². The van der Waals surface area contributed by atoms with E-state index >= 15 is 0 Å². The fourth-order valence-electron chi connectivity index (χ4n) is 2.40. The van der Waals surface area contributed by atoms with Gasteiger partial charge in [-0.3, -0.25) is 0 Å². The summed E-state index contributed by atoms with van der Waals surface area (Å²) in [7, 11) is -3.50. The minimum absolute atomic E-state index is 0.122. The van der Waals surface area contributed by atoms with E-state index in [1.807, 2.05) is 23.8 Å². The molecule has 1 aromatic carbocycles. The molecule has 0 unspecified atom stereocenters. The highest BCUT2D eigenvalue weighted by Gasteiger charge is 2.38. The number of nitrogen functional groups attached to an aromatic ring is 1. The Labute approximate surface area is 129 Å². The SMILES string of the molecule is Cc1cc(N)cc(S(=O)(=O)N(Cc2ccsc2)C2CC2)c1. The molecule has 2 aromatic rings. The molecule has 0 bridgehead atoms. The van der Waals surface area contributed by atoms with Gasteiger partial charge in [0.15, 0.2) is 0 Å². The lowest BCUT2D eigenvalue weighted by atomic mass is 10.2. The molecule has 0 spiro atoms. The van der Waals surface area contributed by atoms with Crippen molar-refractivity contribution in [3.05, 3.63) is 46.2 Å². The van der Waals surface area contributed by atoms with Crippen LogP contribution in [-0.2, 0) is 16.6 Å². The first-order valence-electron chi connectivity index (χ1n) is 6.87. The Kier molecular flexibility index (Phi) is 3.77. The molecule has 21 heavy (non-hydrogen) atoms. The average Bonchev–Trinajstić information content (AvgIpc) is 3.11. The van der Waals surface area contributed by atoms with Crippen molar-refractivity contribution in [3.63, 3.8) is 0 Å². The van der Waals surface area contributed by atoms with Gasteiger partial charge in [0.2, 0.25) is 10.0 Å². The molecule has 1 aliphatic carbocycles. The summed E-state index contributed by atoms with van der Waals surface area (Å²) in [6.07, 6.45) is 1.87. The van der Waals surface area contributed by atoms with Crippen molar-refractivity contribution in [1.29, 1.82) is 0 Å². The van der Waals surface area contributed by atoms with E-state index in [1.54, 1.807) is 33.8 Å². The van der Waals surface area contributed by atoms with Gasteiger partial charge in [0, 0.05) is 18.3 Å². The second kappa shape index (κ2) is 5.44. The van der Waals surface area contributed by atoms with Crippen LogP contribution in [0.1, 0.15) is 24.0 Å². The van der Waals surface area contributed by atoms with E-state index in [0.717, 1.165) is 24.0 Å². The topological polar surface area (TPSA) is 63.4 Å². The molecule has 0 saturated heterocycles. The highest BCUT2D eigenvalue weighted by atomic mass is 32.2. The number of rotatable bonds is 5. The monoisotopic (exact) mass is 322 g/mol. The number of nitrogens with two attached hydrogens (primary N) is 1. The van der Waals surface area contributed by atoms with Crippen molar-refractivity contribution in [1.82, 2.24) is 4.31 Å². The van der Waals surface area contributed by atoms with Gasteiger partial charge in [-0.25, -0.2) is 8.42 Å². The molecule has 4 nitrogen and oxygen atoms in total. The van der Waals surface area contributed by atoms with E-state index in [-0.39, 0.29) is 6.04 Å². The van der Waals surface area contributed by atoms with Crippen LogP contribution in [-0.4, -0.2) is 18.8 Å². The zero-order chi connectivity index (χ0) is 15.0. The summed E-state index contributed by atoms with van der Waals surface area (Å²) < 4.78 is 27.5. The average molecular weight is 322 g/mol. The molecule has 0 amide bonds. The van der Waals surface area contributed by atoms with Crippen LogP contribution in [0.2, 0.25) is 0 Å². The van der Waals surface area contributed by atoms with Crippen LogP contribution in [0.15, 0.2) is 39.9 Å². The number of thiophene rings is 1. The molecular weight excluding hydrogens is 304 g/mol. The van der Waals surface area contributed by atoms with E-state index in [1.165, 1.54) is 0 Å². The van der Waals surface area contributed by atoms with E-state index in [4.69, 9.17) is 5.73 Å². The molecule has 1 fully saturated rings. The summed E-state index contributed by atoms with van der Waals surface area (Å²) in [5, 5.41) is 3.97. The minimum Gasteiger partial charge on any atom is -0.399 e. The number of aryl methyl sites for hydroxylation is 1. The summed E-state index contributed by atoms with van der Waals surface area (Å²) >= 11 is 1.58. The molecular formula is C15H18N2O2S2. The molecule has 2 N–H and O–H groups in total. The quantitative estimate of drug-likeness (QED) is 0.861. The maximum atomic E-state index is 12.9. The van der Waals surface area contributed by atoms with E-state index in [2.05, 4.69) is 0 Å². The number of hydrogen-bond acceptors (Lipinski definition) is 4. The third-order valence-corrected chi connectivity index (χ3v) is 6.16. The lowest BCUT2D eigenvalue weighted by molar-refractivity contribution is 0.399. The fraction of sp³-hybridized carbons (Fsp3) is 0.333. The van der Waals surface area contributed by atoms with E-state index in [0.29, 0.717) is 17.1 Å². The Morgan fingerprint density at radius 2 is 2.10 bits per heavy atom. The summed E-state index contributed by atoms with van der Waals surface area (Å²) in [4.78, 5) is 0.294. The summed E-state index contributed by atoms with van der Waals surface area (Å²) in [5.41, 5.74) is 8.19. The summed E-state index contributed by atoms with van der Waals surface area (Å²) in [6.45, 7) is 2.29. The molecule has 1 saturated carbocycles. The Bertz CT molecular complexity index is 715. The number of anilines is 1. The summed E-state index contributed by atoms with van der Waals surface area (Å²) in [6, 6.07) is 7.11. The fourth-order valence-corrected chi connectivity index (χ4v) is 4.87. The van der Waals surface area contributed by atoms with Gasteiger partial charge < -0.3 is 5.73 Å². The molecule has 3 rings (SSSR count). The van der Waals surface area contributed by atoms with Gasteiger partial charge in [0.25, 0.3) is 0 Å². The highest BCUT2D eigenvalue weighted by molar-refractivity contribution is 7.89. The third-order valence-electron chi connectivity index (χ3n) is 3.55. The van der Waals surface area contributed by atoms with Crippen molar-refractivity contribution in [2.45, 2.75) is 37.2 Å².